The molecule has 0 radical (unpaired) electrons. The number of nitrogens with one attached hydrogen (secondary N) is 1. The second-order valence-electron chi connectivity index (χ2n) is 7.45. The first-order chi connectivity index (χ1) is 9.91. The first kappa shape index (κ1) is 16.5. The minimum Gasteiger partial charge on any atom is -0.394 e. The number of aromatic nitrogens is 2. The SMILES string of the molecule is Cn1cc(C(CO)NC2CCCCCC2)c(C(C)(C)C)n1. The van der Waals surface area contributed by atoms with E-state index in [0.29, 0.717) is 6.04 Å². The molecule has 0 saturated heterocycles. The number of hydrogen-bond acceptors (Lipinski definition) is 3. The summed E-state index contributed by atoms with van der Waals surface area (Å²) in [4.78, 5) is 0. The molecule has 0 amide bonds. The van der Waals surface area contributed by atoms with Crippen LogP contribution in [0.2, 0.25) is 0 Å². The Balaban J connectivity index is 2.17. The molecule has 1 aliphatic carbocycles. The van der Waals surface area contributed by atoms with E-state index in [-0.39, 0.29) is 18.1 Å². The topological polar surface area (TPSA) is 50.1 Å². The maximum atomic E-state index is 9.88. The Morgan fingerprint density at radius 1 is 1.29 bits per heavy atom. The van der Waals surface area contributed by atoms with E-state index in [2.05, 4.69) is 37.4 Å². The van der Waals surface area contributed by atoms with E-state index < -0.39 is 0 Å². The van der Waals surface area contributed by atoms with Crippen LogP contribution in [-0.2, 0) is 12.5 Å². The minimum atomic E-state index is -0.00481. The molecule has 2 N–H and O–H groups in total. The van der Waals surface area contributed by atoms with Gasteiger partial charge in [-0.1, -0.05) is 46.5 Å². The maximum Gasteiger partial charge on any atom is 0.0726 e. The van der Waals surface area contributed by atoms with Crippen molar-refractivity contribution >= 4 is 0 Å². The average Bonchev–Trinajstić information content (AvgIpc) is 2.64. The van der Waals surface area contributed by atoms with Crippen LogP contribution in [-0.4, -0.2) is 27.5 Å². The Morgan fingerprint density at radius 3 is 2.43 bits per heavy atom. The molecule has 4 heteroatoms. The quantitative estimate of drug-likeness (QED) is 0.839. The lowest BCUT2D eigenvalue weighted by Gasteiger charge is -2.26. The zero-order valence-corrected chi connectivity index (χ0v) is 14.0. The summed E-state index contributed by atoms with van der Waals surface area (Å²) in [5.74, 6) is 0. The molecular weight excluding hydrogens is 262 g/mol. The Hall–Kier alpha value is -0.870. The van der Waals surface area contributed by atoms with Crippen LogP contribution in [0.5, 0.6) is 0 Å². The van der Waals surface area contributed by atoms with Gasteiger partial charge in [-0.15, -0.1) is 0 Å². The highest BCUT2D eigenvalue weighted by Gasteiger charge is 2.27. The van der Waals surface area contributed by atoms with Gasteiger partial charge in [0.1, 0.15) is 0 Å². The standard InChI is InChI=1S/C17H31N3O/c1-17(2,3)16-14(11-20(4)19-16)15(12-21)18-13-9-7-5-6-8-10-13/h11,13,15,18,21H,5-10,12H2,1-4H3. The molecule has 1 aliphatic rings. The number of hydrogen-bond donors (Lipinski definition) is 2. The van der Waals surface area contributed by atoms with Crippen LogP contribution in [0.15, 0.2) is 6.20 Å². The first-order valence-corrected chi connectivity index (χ1v) is 8.32. The fourth-order valence-corrected chi connectivity index (χ4v) is 3.32. The third kappa shape index (κ3) is 4.30. The second kappa shape index (κ2) is 6.93. The van der Waals surface area contributed by atoms with Gasteiger partial charge in [-0.2, -0.15) is 5.10 Å². The highest BCUT2D eigenvalue weighted by Crippen LogP contribution is 2.29. The summed E-state index contributed by atoms with van der Waals surface area (Å²) in [5.41, 5.74) is 2.23. The molecule has 4 nitrogen and oxygen atoms in total. The average molecular weight is 293 g/mol. The molecule has 21 heavy (non-hydrogen) atoms. The van der Waals surface area contributed by atoms with Gasteiger partial charge in [0.2, 0.25) is 0 Å². The van der Waals surface area contributed by atoms with Gasteiger partial charge >= 0.3 is 0 Å². The molecular formula is C17H31N3O. The van der Waals surface area contributed by atoms with Crippen molar-refractivity contribution in [1.29, 1.82) is 0 Å². The summed E-state index contributed by atoms with van der Waals surface area (Å²) in [6.45, 7) is 6.67. The molecule has 0 bridgehead atoms. The van der Waals surface area contributed by atoms with Crippen molar-refractivity contribution in [2.24, 2.45) is 7.05 Å². The first-order valence-electron chi connectivity index (χ1n) is 8.32. The van der Waals surface area contributed by atoms with Crippen molar-refractivity contribution in [3.05, 3.63) is 17.5 Å². The van der Waals surface area contributed by atoms with Crippen LogP contribution in [0, 0.1) is 0 Å². The van der Waals surface area contributed by atoms with Gasteiger partial charge in [0.05, 0.1) is 18.3 Å². The highest BCUT2D eigenvalue weighted by molar-refractivity contribution is 5.27. The minimum absolute atomic E-state index is 0.00368. The largest absolute Gasteiger partial charge is 0.394 e. The number of aliphatic hydroxyl groups is 1. The van der Waals surface area contributed by atoms with E-state index in [1.54, 1.807) is 0 Å². The fourth-order valence-electron chi connectivity index (χ4n) is 3.32. The Labute approximate surface area is 128 Å². The third-order valence-corrected chi connectivity index (χ3v) is 4.42. The van der Waals surface area contributed by atoms with E-state index in [1.807, 2.05) is 11.7 Å². The van der Waals surface area contributed by atoms with Crippen LogP contribution in [0.3, 0.4) is 0 Å². The molecule has 0 spiro atoms. The summed E-state index contributed by atoms with van der Waals surface area (Å²) in [5, 5.41) is 18.2. The summed E-state index contributed by atoms with van der Waals surface area (Å²) in [6.07, 6.45) is 9.81. The second-order valence-corrected chi connectivity index (χ2v) is 7.45. The monoisotopic (exact) mass is 293 g/mol. The molecule has 0 aromatic carbocycles. The number of aryl methyl sites for hydroxylation is 1. The maximum absolute atomic E-state index is 9.88. The lowest BCUT2D eigenvalue weighted by atomic mass is 9.87. The molecule has 1 saturated carbocycles. The zero-order chi connectivity index (χ0) is 15.5. The summed E-state index contributed by atoms with van der Waals surface area (Å²) < 4.78 is 1.87. The van der Waals surface area contributed by atoms with Crippen LogP contribution >= 0.6 is 0 Å². The normalized spacial score (nSPS) is 19.5. The molecule has 1 fully saturated rings. The van der Waals surface area contributed by atoms with Gasteiger partial charge < -0.3 is 10.4 Å². The predicted molar refractivity (Wildman–Crippen MR) is 86.4 cm³/mol. The Morgan fingerprint density at radius 2 is 1.90 bits per heavy atom. The van der Waals surface area contributed by atoms with E-state index >= 15 is 0 Å². The van der Waals surface area contributed by atoms with Gasteiger partial charge in [-0.3, -0.25) is 4.68 Å². The summed E-state index contributed by atoms with van der Waals surface area (Å²) in [7, 11) is 1.96. The van der Waals surface area contributed by atoms with Crippen molar-refractivity contribution in [3.63, 3.8) is 0 Å². The number of rotatable bonds is 4. The zero-order valence-electron chi connectivity index (χ0n) is 14.0. The van der Waals surface area contributed by atoms with Gasteiger partial charge in [-0.05, 0) is 12.8 Å². The third-order valence-electron chi connectivity index (χ3n) is 4.42. The van der Waals surface area contributed by atoms with Crippen molar-refractivity contribution in [2.45, 2.75) is 76.8 Å². The van der Waals surface area contributed by atoms with E-state index in [1.165, 1.54) is 38.5 Å². The van der Waals surface area contributed by atoms with Crippen molar-refractivity contribution in [2.75, 3.05) is 6.61 Å². The van der Waals surface area contributed by atoms with Gasteiger partial charge in [0, 0.05) is 30.3 Å². The van der Waals surface area contributed by atoms with Gasteiger partial charge in [0.15, 0.2) is 0 Å². The van der Waals surface area contributed by atoms with Gasteiger partial charge in [0.25, 0.3) is 0 Å². The summed E-state index contributed by atoms with van der Waals surface area (Å²) >= 11 is 0. The fraction of sp³-hybridized carbons (Fsp3) is 0.824. The summed E-state index contributed by atoms with van der Waals surface area (Å²) in [6, 6.07) is 0.522. The molecule has 2 rings (SSSR count). The van der Waals surface area contributed by atoms with Crippen LogP contribution in [0.25, 0.3) is 0 Å². The van der Waals surface area contributed by atoms with E-state index in [4.69, 9.17) is 0 Å². The smallest absolute Gasteiger partial charge is 0.0726 e. The lowest BCUT2D eigenvalue weighted by molar-refractivity contribution is 0.226. The predicted octanol–water partition coefficient (Wildman–Crippen LogP) is 3.06. The molecule has 1 atom stereocenters. The van der Waals surface area contributed by atoms with Gasteiger partial charge in [-0.25, -0.2) is 0 Å². The Bertz CT molecular complexity index is 439. The Kier molecular flexibility index (Phi) is 5.44. The van der Waals surface area contributed by atoms with Crippen LogP contribution in [0.1, 0.15) is 76.6 Å². The highest BCUT2D eigenvalue weighted by atomic mass is 16.3. The van der Waals surface area contributed by atoms with Crippen LogP contribution in [0.4, 0.5) is 0 Å². The lowest BCUT2D eigenvalue weighted by Crippen LogP contribution is -2.35. The molecule has 1 heterocycles. The molecule has 1 aromatic rings. The van der Waals surface area contributed by atoms with Crippen molar-refractivity contribution in [1.82, 2.24) is 15.1 Å². The van der Waals surface area contributed by atoms with Crippen molar-refractivity contribution < 1.29 is 5.11 Å². The van der Waals surface area contributed by atoms with Crippen LogP contribution < -0.4 is 5.32 Å². The number of aliphatic hydroxyl groups excluding tert-OH is 1. The molecule has 0 aliphatic heterocycles. The van der Waals surface area contributed by atoms with E-state index in [0.717, 1.165) is 11.3 Å². The van der Waals surface area contributed by atoms with E-state index in [9.17, 15) is 5.11 Å². The van der Waals surface area contributed by atoms with Crippen molar-refractivity contribution in [3.8, 4) is 0 Å². The molecule has 1 unspecified atom stereocenters. The molecule has 1 aromatic heterocycles. The molecule has 120 valence electrons. The number of nitrogens with zero attached hydrogens (tertiary/aromatic N) is 2.